The van der Waals surface area contributed by atoms with Gasteiger partial charge in [-0.05, 0) is 30.7 Å². The molecule has 1 aliphatic rings. The van der Waals surface area contributed by atoms with Crippen molar-refractivity contribution in [1.82, 2.24) is 5.32 Å². The van der Waals surface area contributed by atoms with Crippen LogP contribution >= 0.6 is 11.6 Å². The molecule has 2 unspecified atom stereocenters. The Kier molecular flexibility index (Phi) is 4.24. The first-order valence-corrected chi connectivity index (χ1v) is 6.41. The van der Waals surface area contributed by atoms with Gasteiger partial charge in [-0.1, -0.05) is 11.6 Å². The summed E-state index contributed by atoms with van der Waals surface area (Å²) in [6.45, 7) is -0.190. The molecule has 1 aliphatic carbocycles. The molecule has 1 saturated carbocycles. The van der Waals surface area contributed by atoms with Crippen molar-refractivity contribution >= 4 is 35.1 Å². The summed E-state index contributed by atoms with van der Waals surface area (Å²) >= 11 is 5.71. The predicted molar refractivity (Wildman–Crippen MR) is 72.3 cm³/mol. The molecule has 2 amide bonds. The first-order valence-electron chi connectivity index (χ1n) is 6.03. The first kappa shape index (κ1) is 14.3. The number of nitrogens with one attached hydrogen (secondary N) is 2. The molecular weight excluding hydrogens is 284 g/mol. The van der Waals surface area contributed by atoms with Crippen molar-refractivity contribution in [2.75, 3.05) is 11.9 Å². The molecule has 6 nitrogen and oxygen atoms in total. The lowest BCUT2D eigenvalue weighted by molar-refractivity contribution is -0.140. The summed E-state index contributed by atoms with van der Waals surface area (Å²) in [7, 11) is 0. The van der Waals surface area contributed by atoms with Gasteiger partial charge in [0, 0.05) is 10.7 Å². The number of carbonyl (C=O) groups is 3. The van der Waals surface area contributed by atoms with Gasteiger partial charge in [-0.15, -0.1) is 0 Å². The van der Waals surface area contributed by atoms with E-state index in [2.05, 4.69) is 10.6 Å². The van der Waals surface area contributed by atoms with E-state index in [4.69, 9.17) is 16.7 Å². The lowest BCUT2D eigenvalue weighted by Gasteiger charge is -2.06. The maximum Gasteiger partial charge on any atom is 0.307 e. The average molecular weight is 297 g/mol. The molecule has 7 heteroatoms. The summed E-state index contributed by atoms with van der Waals surface area (Å²) in [6, 6.07) is 6.56. The van der Waals surface area contributed by atoms with Crippen molar-refractivity contribution in [1.29, 1.82) is 0 Å². The number of carbonyl (C=O) groups excluding carboxylic acids is 2. The van der Waals surface area contributed by atoms with E-state index in [0.29, 0.717) is 17.1 Å². The second-order valence-corrected chi connectivity index (χ2v) is 5.00. The summed E-state index contributed by atoms with van der Waals surface area (Å²) in [6.07, 6.45) is 0.333. The standard InChI is InChI=1S/C13H13ClN2O4/c14-7-1-3-8(4-2-7)16-11(17)6-15-12(18)9-5-10(9)13(19)20/h1-4,9-10H,5-6H2,(H,15,18)(H,16,17)(H,19,20). The number of hydrogen-bond donors (Lipinski definition) is 3. The molecule has 0 bridgehead atoms. The first-order chi connectivity index (χ1) is 9.47. The third-order valence-electron chi connectivity index (χ3n) is 3.00. The topological polar surface area (TPSA) is 95.5 Å². The third kappa shape index (κ3) is 3.71. The predicted octanol–water partition coefficient (Wildman–Crippen LogP) is 1.12. The fourth-order valence-corrected chi connectivity index (χ4v) is 1.92. The normalized spacial score (nSPS) is 20.1. The van der Waals surface area contributed by atoms with Crippen LogP contribution in [0, 0.1) is 11.8 Å². The summed E-state index contributed by atoms with van der Waals surface area (Å²) in [5.74, 6) is -2.89. The molecular formula is C13H13ClN2O4. The van der Waals surface area contributed by atoms with Crippen molar-refractivity contribution in [3.8, 4) is 0 Å². The quantitative estimate of drug-likeness (QED) is 0.758. The monoisotopic (exact) mass is 296 g/mol. The second-order valence-electron chi connectivity index (χ2n) is 4.56. The number of anilines is 1. The highest BCUT2D eigenvalue weighted by Crippen LogP contribution is 2.38. The summed E-state index contributed by atoms with van der Waals surface area (Å²) in [4.78, 5) is 33.7. The Morgan fingerprint density at radius 2 is 1.85 bits per heavy atom. The number of halogens is 1. The molecule has 0 spiro atoms. The smallest absolute Gasteiger partial charge is 0.307 e. The van der Waals surface area contributed by atoms with Gasteiger partial charge in [0.1, 0.15) is 0 Å². The highest BCUT2D eigenvalue weighted by atomic mass is 35.5. The number of rotatable bonds is 5. The highest BCUT2D eigenvalue weighted by molar-refractivity contribution is 6.30. The average Bonchev–Trinajstić information content (AvgIpc) is 3.19. The van der Waals surface area contributed by atoms with E-state index >= 15 is 0 Å². The van der Waals surface area contributed by atoms with E-state index in [1.54, 1.807) is 24.3 Å². The molecule has 2 rings (SSSR count). The van der Waals surface area contributed by atoms with Crippen LogP contribution in [0.25, 0.3) is 0 Å². The molecule has 0 aromatic heterocycles. The zero-order valence-corrected chi connectivity index (χ0v) is 11.2. The van der Waals surface area contributed by atoms with Gasteiger partial charge in [0.25, 0.3) is 0 Å². The van der Waals surface area contributed by atoms with Crippen molar-refractivity contribution in [2.45, 2.75) is 6.42 Å². The van der Waals surface area contributed by atoms with Crippen molar-refractivity contribution < 1.29 is 19.5 Å². The van der Waals surface area contributed by atoms with E-state index in [-0.39, 0.29) is 12.5 Å². The number of aliphatic carboxylic acids is 1. The van der Waals surface area contributed by atoms with Crippen molar-refractivity contribution in [3.05, 3.63) is 29.3 Å². The molecule has 0 heterocycles. The number of hydrogen-bond acceptors (Lipinski definition) is 3. The Hall–Kier alpha value is -2.08. The molecule has 0 radical (unpaired) electrons. The molecule has 3 N–H and O–H groups in total. The van der Waals surface area contributed by atoms with Crippen LogP contribution in [0.15, 0.2) is 24.3 Å². The van der Waals surface area contributed by atoms with Gasteiger partial charge in [-0.2, -0.15) is 0 Å². The van der Waals surface area contributed by atoms with E-state index in [9.17, 15) is 14.4 Å². The molecule has 0 aliphatic heterocycles. The van der Waals surface area contributed by atoms with Crippen LogP contribution in [0.4, 0.5) is 5.69 Å². The van der Waals surface area contributed by atoms with Gasteiger partial charge in [-0.3, -0.25) is 14.4 Å². The maximum absolute atomic E-state index is 11.6. The highest BCUT2D eigenvalue weighted by Gasteiger charge is 2.48. The summed E-state index contributed by atoms with van der Waals surface area (Å²) < 4.78 is 0. The van der Waals surface area contributed by atoms with Crippen LogP contribution in [0.5, 0.6) is 0 Å². The van der Waals surface area contributed by atoms with Crippen LogP contribution in [0.1, 0.15) is 6.42 Å². The second kappa shape index (κ2) is 5.92. The van der Waals surface area contributed by atoms with Gasteiger partial charge < -0.3 is 15.7 Å². The van der Waals surface area contributed by atoms with Crippen LogP contribution in [-0.2, 0) is 14.4 Å². The zero-order chi connectivity index (χ0) is 14.7. The number of amides is 2. The third-order valence-corrected chi connectivity index (χ3v) is 3.25. The molecule has 0 saturated heterocycles. The summed E-state index contributed by atoms with van der Waals surface area (Å²) in [5.41, 5.74) is 0.573. The molecule has 1 aromatic carbocycles. The van der Waals surface area contributed by atoms with Crippen molar-refractivity contribution in [2.24, 2.45) is 11.8 Å². The van der Waals surface area contributed by atoms with Gasteiger partial charge in [-0.25, -0.2) is 0 Å². The molecule has 1 aromatic rings. The Morgan fingerprint density at radius 1 is 1.20 bits per heavy atom. The fraction of sp³-hybridized carbons (Fsp3) is 0.308. The van der Waals surface area contributed by atoms with Crippen LogP contribution in [-0.4, -0.2) is 29.4 Å². The van der Waals surface area contributed by atoms with Crippen molar-refractivity contribution in [3.63, 3.8) is 0 Å². The van der Waals surface area contributed by atoms with E-state index in [1.807, 2.05) is 0 Å². The minimum atomic E-state index is -0.976. The van der Waals surface area contributed by atoms with E-state index in [1.165, 1.54) is 0 Å². The Bertz CT molecular complexity index is 544. The van der Waals surface area contributed by atoms with Gasteiger partial charge >= 0.3 is 5.97 Å². The Labute approximate surface area is 120 Å². The fourth-order valence-electron chi connectivity index (χ4n) is 1.79. The van der Waals surface area contributed by atoms with Gasteiger partial charge in [0.2, 0.25) is 11.8 Å². The number of carboxylic acid groups (broad SMARTS) is 1. The molecule has 2 atom stereocenters. The van der Waals surface area contributed by atoms with E-state index < -0.39 is 23.7 Å². The Balaban J connectivity index is 1.74. The maximum atomic E-state index is 11.6. The zero-order valence-electron chi connectivity index (χ0n) is 10.4. The van der Waals surface area contributed by atoms with Crippen LogP contribution < -0.4 is 10.6 Å². The Morgan fingerprint density at radius 3 is 2.40 bits per heavy atom. The molecule has 20 heavy (non-hydrogen) atoms. The summed E-state index contributed by atoms with van der Waals surface area (Å²) in [5, 5.41) is 14.3. The van der Waals surface area contributed by atoms with Gasteiger partial charge in [0.05, 0.1) is 18.4 Å². The minimum absolute atomic E-state index is 0.190. The lowest BCUT2D eigenvalue weighted by Crippen LogP contribution is -2.34. The minimum Gasteiger partial charge on any atom is -0.481 e. The van der Waals surface area contributed by atoms with Gasteiger partial charge in [0.15, 0.2) is 0 Å². The van der Waals surface area contributed by atoms with E-state index in [0.717, 1.165) is 0 Å². The number of benzene rings is 1. The lowest BCUT2D eigenvalue weighted by atomic mass is 10.3. The molecule has 106 valence electrons. The van der Waals surface area contributed by atoms with Crippen LogP contribution in [0.2, 0.25) is 5.02 Å². The number of carboxylic acids is 1. The largest absolute Gasteiger partial charge is 0.481 e. The van der Waals surface area contributed by atoms with Crippen LogP contribution in [0.3, 0.4) is 0 Å². The molecule has 1 fully saturated rings. The SMILES string of the molecule is O=C(CNC(=O)C1CC1C(=O)O)Nc1ccc(Cl)cc1.